The van der Waals surface area contributed by atoms with E-state index in [2.05, 4.69) is 20.6 Å². The third-order valence-electron chi connectivity index (χ3n) is 4.45. The summed E-state index contributed by atoms with van der Waals surface area (Å²) < 4.78 is 1.92. The number of aryl methyl sites for hydroxylation is 1. The second-order valence-electron chi connectivity index (χ2n) is 6.34. The number of hydrogen-bond donors (Lipinski definition) is 3. The number of guanidine groups is 1. The van der Waals surface area contributed by atoms with Crippen LogP contribution in [0.4, 0.5) is 0 Å². The van der Waals surface area contributed by atoms with Crippen LogP contribution in [0.5, 0.6) is 0 Å². The first-order valence-electron chi connectivity index (χ1n) is 8.59. The highest BCUT2D eigenvalue weighted by atomic mass is 16.3. The van der Waals surface area contributed by atoms with Gasteiger partial charge in [0.1, 0.15) is 5.70 Å². The highest BCUT2D eigenvalue weighted by Crippen LogP contribution is 2.18. The Kier molecular flexibility index (Phi) is 4.43. The van der Waals surface area contributed by atoms with Crippen molar-refractivity contribution in [1.29, 1.82) is 0 Å². The van der Waals surface area contributed by atoms with Crippen molar-refractivity contribution in [3.63, 3.8) is 0 Å². The molecule has 0 bridgehead atoms. The van der Waals surface area contributed by atoms with E-state index in [1.807, 2.05) is 60.1 Å². The number of rotatable bonds is 4. The van der Waals surface area contributed by atoms with Gasteiger partial charge in [-0.15, -0.1) is 0 Å². The predicted molar refractivity (Wildman–Crippen MR) is 104 cm³/mol. The number of carbonyl (C=O) groups excluding carboxylic acids is 1. The molecule has 0 radical (unpaired) electrons. The maximum atomic E-state index is 12.3. The standard InChI is InChI=1S/C20H19N5O2/c1-25-12-21-15-8-7-13(10-18(15)25)9-16-19(27)24-20(22-16)23-17(11-26)14-5-3-2-4-6-14/h2-10,12,17,26H,11H2,1H3,(H2,22,23,24,27)/b16-9-. The van der Waals surface area contributed by atoms with Gasteiger partial charge >= 0.3 is 0 Å². The number of imidazole rings is 1. The fourth-order valence-electron chi connectivity index (χ4n) is 3.01. The highest BCUT2D eigenvalue weighted by Gasteiger charge is 2.22. The summed E-state index contributed by atoms with van der Waals surface area (Å²) in [6, 6.07) is 14.9. The van der Waals surface area contributed by atoms with Crippen molar-refractivity contribution in [2.24, 2.45) is 12.0 Å². The summed E-state index contributed by atoms with van der Waals surface area (Å²) in [5, 5.41) is 15.4. The van der Waals surface area contributed by atoms with Crippen LogP contribution in [-0.2, 0) is 11.8 Å². The van der Waals surface area contributed by atoms with Crippen LogP contribution in [0.15, 0.2) is 65.5 Å². The van der Waals surface area contributed by atoms with Crippen molar-refractivity contribution in [3.05, 3.63) is 71.7 Å². The summed E-state index contributed by atoms with van der Waals surface area (Å²) in [4.78, 5) is 20.9. The lowest BCUT2D eigenvalue weighted by Crippen LogP contribution is -2.39. The molecular weight excluding hydrogens is 342 g/mol. The Balaban J connectivity index is 1.58. The van der Waals surface area contributed by atoms with E-state index in [1.165, 1.54) is 0 Å². The Morgan fingerprint density at radius 2 is 2.07 bits per heavy atom. The summed E-state index contributed by atoms with van der Waals surface area (Å²) >= 11 is 0. The molecular formula is C20H19N5O2. The second kappa shape index (κ2) is 7.05. The number of aliphatic hydroxyl groups excluding tert-OH is 1. The molecule has 136 valence electrons. The third-order valence-corrected chi connectivity index (χ3v) is 4.45. The first-order valence-corrected chi connectivity index (χ1v) is 8.59. The molecule has 0 saturated carbocycles. The number of benzene rings is 2. The van der Waals surface area contributed by atoms with Gasteiger partial charge in [0.25, 0.3) is 5.91 Å². The topological polar surface area (TPSA) is 91.5 Å². The molecule has 1 aliphatic rings. The Bertz CT molecular complexity index is 1050. The quantitative estimate of drug-likeness (QED) is 0.617. The molecule has 1 aromatic heterocycles. The summed E-state index contributed by atoms with van der Waals surface area (Å²) in [5.74, 6) is 0.0446. The van der Waals surface area contributed by atoms with E-state index in [9.17, 15) is 9.90 Å². The molecule has 1 unspecified atom stereocenters. The van der Waals surface area contributed by atoms with Crippen molar-refractivity contribution in [1.82, 2.24) is 20.2 Å². The van der Waals surface area contributed by atoms with Gasteiger partial charge in [0.15, 0.2) is 0 Å². The Labute approximate surface area is 156 Å². The van der Waals surface area contributed by atoms with Gasteiger partial charge < -0.3 is 15.0 Å². The number of nitrogens with zero attached hydrogens (tertiary/aromatic N) is 3. The van der Waals surface area contributed by atoms with E-state index in [0.29, 0.717) is 11.7 Å². The fourth-order valence-corrected chi connectivity index (χ4v) is 3.01. The summed E-state index contributed by atoms with van der Waals surface area (Å²) in [6.07, 6.45) is 3.48. The van der Waals surface area contributed by atoms with E-state index in [0.717, 1.165) is 22.2 Å². The SMILES string of the molecule is Cn1cnc2ccc(/C=C3\N=C(NC(CO)c4ccccc4)NC3=O)cc21. The lowest BCUT2D eigenvalue weighted by atomic mass is 10.1. The summed E-state index contributed by atoms with van der Waals surface area (Å²) in [5.41, 5.74) is 3.97. The van der Waals surface area contributed by atoms with E-state index < -0.39 is 0 Å². The van der Waals surface area contributed by atoms with Crippen LogP contribution in [0.3, 0.4) is 0 Å². The zero-order valence-corrected chi connectivity index (χ0v) is 14.8. The molecule has 0 fully saturated rings. The van der Waals surface area contributed by atoms with E-state index in [1.54, 1.807) is 12.4 Å². The number of aromatic nitrogens is 2. The highest BCUT2D eigenvalue weighted by molar-refractivity contribution is 6.13. The van der Waals surface area contributed by atoms with Crippen LogP contribution < -0.4 is 10.6 Å². The fraction of sp³-hybridized carbons (Fsp3) is 0.150. The predicted octanol–water partition coefficient (Wildman–Crippen LogP) is 1.72. The van der Waals surface area contributed by atoms with Gasteiger partial charge in [0.2, 0.25) is 5.96 Å². The van der Waals surface area contributed by atoms with Crippen LogP contribution in [0.1, 0.15) is 17.2 Å². The van der Waals surface area contributed by atoms with Crippen molar-refractivity contribution < 1.29 is 9.90 Å². The van der Waals surface area contributed by atoms with Crippen molar-refractivity contribution in [2.45, 2.75) is 6.04 Å². The monoisotopic (exact) mass is 361 g/mol. The number of fused-ring (bicyclic) bond motifs is 1. The molecule has 1 atom stereocenters. The number of nitrogens with one attached hydrogen (secondary N) is 2. The molecule has 0 aliphatic carbocycles. The van der Waals surface area contributed by atoms with Gasteiger partial charge in [0, 0.05) is 7.05 Å². The summed E-state index contributed by atoms with van der Waals surface area (Å²) in [7, 11) is 1.92. The van der Waals surface area contributed by atoms with Crippen molar-refractivity contribution >= 4 is 29.0 Å². The van der Waals surface area contributed by atoms with Gasteiger partial charge in [-0.3, -0.25) is 10.1 Å². The molecule has 7 nitrogen and oxygen atoms in total. The van der Waals surface area contributed by atoms with E-state index >= 15 is 0 Å². The van der Waals surface area contributed by atoms with Gasteiger partial charge in [-0.1, -0.05) is 36.4 Å². The lowest BCUT2D eigenvalue weighted by molar-refractivity contribution is -0.115. The normalized spacial score (nSPS) is 16.4. The molecule has 1 aliphatic heterocycles. The van der Waals surface area contributed by atoms with Crippen molar-refractivity contribution in [2.75, 3.05) is 6.61 Å². The molecule has 0 saturated heterocycles. The minimum atomic E-state index is -0.351. The first-order chi connectivity index (χ1) is 13.1. The zero-order valence-electron chi connectivity index (χ0n) is 14.8. The van der Waals surface area contributed by atoms with Crippen LogP contribution in [0.25, 0.3) is 17.1 Å². The zero-order chi connectivity index (χ0) is 18.8. The van der Waals surface area contributed by atoms with E-state index in [-0.39, 0.29) is 18.6 Å². The first kappa shape index (κ1) is 17.0. The molecule has 4 rings (SSSR count). The van der Waals surface area contributed by atoms with Crippen LogP contribution >= 0.6 is 0 Å². The molecule has 2 aromatic carbocycles. The Morgan fingerprint density at radius 1 is 1.26 bits per heavy atom. The largest absolute Gasteiger partial charge is 0.394 e. The molecule has 27 heavy (non-hydrogen) atoms. The number of aliphatic hydroxyl groups is 1. The van der Waals surface area contributed by atoms with E-state index in [4.69, 9.17) is 0 Å². The second-order valence-corrected chi connectivity index (χ2v) is 6.34. The minimum Gasteiger partial charge on any atom is -0.394 e. The molecule has 0 spiro atoms. The number of hydrogen-bond acceptors (Lipinski definition) is 5. The number of carbonyl (C=O) groups is 1. The minimum absolute atomic E-state index is 0.116. The van der Waals surface area contributed by atoms with Crippen molar-refractivity contribution in [3.8, 4) is 0 Å². The van der Waals surface area contributed by atoms with Crippen LogP contribution in [-0.4, -0.2) is 33.1 Å². The van der Waals surface area contributed by atoms with Gasteiger partial charge in [-0.05, 0) is 29.3 Å². The maximum Gasteiger partial charge on any atom is 0.276 e. The molecule has 7 heteroatoms. The summed E-state index contributed by atoms with van der Waals surface area (Å²) in [6.45, 7) is -0.116. The molecule has 3 aromatic rings. The molecule has 2 heterocycles. The van der Waals surface area contributed by atoms with Gasteiger partial charge in [-0.2, -0.15) is 0 Å². The van der Waals surface area contributed by atoms with Gasteiger partial charge in [0.05, 0.1) is 30.0 Å². The number of aliphatic imine (C=N–C) groups is 1. The third kappa shape index (κ3) is 3.45. The smallest absolute Gasteiger partial charge is 0.276 e. The van der Waals surface area contributed by atoms with Gasteiger partial charge in [-0.25, -0.2) is 9.98 Å². The van der Waals surface area contributed by atoms with Crippen LogP contribution in [0, 0.1) is 0 Å². The average Bonchev–Trinajstić information content (AvgIpc) is 3.23. The average molecular weight is 361 g/mol. The maximum absolute atomic E-state index is 12.3. The number of amides is 1. The molecule has 1 amide bonds. The molecule has 3 N–H and O–H groups in total. The van der Waals surface area contributed by atoms with Crippen LogP contribution in [0.2, 0.25) is 0 Å². The Morgan fingerprint density at radius 3 is 2.85 bits per heavy atom. The lowest BCUT2D eigenvalue weighted by Gasteiger charge is -2.17. The Hall–Kier alpha value is -3.45.